The Balaban J connectivity index is 1.21. The zero-order valence-electron chi connectivity index (χ0n) is 18.8. The summed E-state index contributed by atoms with van der Waals surface area (Å²) >= 11 is 3.62. The van der Waals surface area contributed by atoms with Gasteiger partial charge in [0.2, 0.25) is 0 Å². The molecule has 0 atom stereocenters. The number of nitrogens with zero attached hydrogens (tertiary/aromatic N) is 3. The van der Waals surface area contributed by atoms with Gasteiger partial charge in [-0.3, -0.25) is 14.8 Å². The molecule has 4 aromatic rings. The van der Waals surface area contributed by atoms with E-state index in [0.29, 0.717) is 18.8 Å². The molecule has 2 aromatic carbocycles. The van der Waals surface area contributed by atoms with E-state index in [4.69, 9.17) is 0 Å². The number of nitrogens with one attached hydrogen (secondary N) is 1. The van der Waals surface area contributed by atoms with E-state index in [-0.39, 0.29) is 11.9 Å². The van der Waals surface area contributed by atoms with E-state index in [1.807, 2.05) is 16.7 Å². The number of aromatic nitrogens is 2. The van der Waals surface area contributed by atoms with Crippen LogP contribution in [0.2, 0.25) is 0 Å². The third-order valence-electron chi connectivity index (χ3n) is 6.75. The van der Waals surface area contributed by atoms with Crippen LogP contribution in [-0.2, 0) is 6.42 Å². The summed E-state index contributed by atoms with van der Waals surface area (Å²) < 4.78 is 1.30. The van der Waals surface area contributed by atoms with Crippen LogP contribution in [0, 0.1) is 0 Å². The highest BCUT2D eigenvalue weighted by molar-refractivity contribution is 8.01. The summed E-state index contributed by atoms with van der Waals surface area (Å²) in [5.74, 6) is 1.05. The van der Waals surface area contributed by atoms with Crippen LogP contribution in [0.3, 0.4) is 0 Å². The molecule has 0 aliphatic carbocycles. The van der Waals surface area contributed by atoms with Gasteiger partial charge in [-0.15, -0.1) is 23.1 Å². The Morgan fingerprint density at radius 2 is 1.59 bits per heavy atom. The van der Waals surface area contributed by atoms with Gasteiger partial charge in [0, 0.05) is 43.1 Å². The quantitative estimate of drug-likeness (QED) is 0.423. The number of amides is 1. The van der Waals surface area contributed by atoms with Crippen molar-refractivity contribution in [2.24, 2.45) is 0 Å². The van der Waals surface area contributed by atoms with Crippen molar-refractivity contribution in [1.29, 1.82) is 0 Å². The number of piperazine rings is 1. The van der Waals surface area contributed by atoms with E-state index in [2.05, 4.69) is 87.2 Å². The summed E-state index contributed by atoms with van der Waals surface area (Å²) in [6.45, 7) is 3.09. The molecular formula is C27H26N4OS2. The fraction of sp³-hybridized carbons (Fsp3) is 0.259. The number of carbonyl (C=O) groups is 1. The van der Waals surface area contributed by atoms with Gasteiger partial charge >= 0.3 is 0 Å². The second-order valence-electron chi connectivity index (χ2n) is 8.70. The highest BCUT2D eigenvalue weighted by Crippen LogP contribution is 2.41. The Kier molecular flexibility index (Phi) is 5.99. The van der Waals surface area contributed by atoms with Crippen LogP contribution in [0.25, 0.3) is 11.3 Å². The minimum Gasteiger partial charge on any atom is -0.335 e. The van der Waals surface area contributed by atoms with Gasteiger partial charge in [-0.25, -0.2) is 0 Å². The number of fused-ring (bicyclic) bond motifs is 3. The molecule has 0 radical (unpaired) electrons. The summed E-state index contributed by atoms with van der Waals surface area (Å²) in [4.78, 5) is 18.0. The van der Waals surface area contributed by atoms with Gasteiger partial charge in [0.15, 0.2) is 0 Å². The Bertz CT molecular complexity index is 1240. The SMILES string of the molecule is O=C(c1[nH]nc2c1CCSc1sccc1-2)N1CCN(C(c2ccccc2)c2ccccc2)CC1. The monoisotopic (exact) mass is 486 g/mol. The van der Waals surface area contributed by atoms with Crippen LogP contribution in [0.5, 0.6) is 0 Å². The van der Waals surface area contributed by atoms with Crippen molar-refractivity contribution in [1.82, 2.24) is 20.0 Å². The average Bonchev–Trinajstić information content (AvgIpc) is 3.49. The maximum absolute atomic E-state index is 13.5. The number of carbonyl (C=O) groups excluding carboxylic acids is 1. The summed E-state index contributed by atoms with van der Waals surface area (Å²) in [5, 5.41) is 9.79. The molecule has 7 heteroatoms. The lowest BCUT2D eigenvalue weighted by atomic mass is 9.96. The minimum absolute atomic E-state index is 0.0769. The summed E-state index contributed by atoms with van der Waals surface area (Å²) in [6, 6.07) is 23.7. The van der Waals surface area contributed by atoms with Gasteiger partial charge in [0.05, 0.1) is 15.9 Å². The maximum Gasteiger partial charge on any atom is 0.272 e. The van der Waals surface area contributed by atoms with Gasteiger partial charge in [-0.1, -0.05) is 60.7 Å². The predicted octanol–water partition coefficient (Wildman–Crippen LogP) is 5.33. The van der Waals surface area contributed by atoms with Crippen molar-refractivity contribution in [3.8, 4) is 11.3 Å². The number of benzene rings is 2. The number of hydrogen-bond donors (Lipinski definition) is 1. The van der Waals surface area contributed by atoms with Gasteiger partial charge in [-0.05, 0) is 29.0 Å². The molecule has 0 unspecified atom stereocenters. The first-order chi connectivity index (χ1) is 16.8. The smallest absolute Gasteiger partial charge is 0.272 e. The summed E-state index contributed by atoms with van der Waals surface area (Å²) in [6.07, 6.45) is 0.864. The van der Waals surface area contributed by atoms with Crippen molar-refractivity contribution in [3.05, 3.63) is 94.5 Å². The Labute approximate surface area is 207 Å². The number of aromatic amines is 1. The zero-order valence-corrected chi connectivity index (χ0v) is 20.4. The molecule has 34 heavy (non-hydrogen) atoms. The fourth-order valence-corrected chi connectivity index (χ4v) is 7.18. The van der Waals surface area contributed by atoms with Gasteiger partial charge < -0.3 is 4.90 Å². The molecule has 0 spiro atoms. The Morgan fingerprint density at radius 3 is 2.26 bits per heavy atom. The van der Waals surface area contributed by atoms with Crippen LogP contribution in [0.4, 0.5) is 0 Å². The van der Waals surface area contributed by atoms with Crippen molar-refractivity contribution < 1.29 is 4.79 Å². The molecule has 0 saturated carbocycles. The number of thiophene rings is 1. The minimum atomic E-state index is 0.0769. The van der Waals surface area contributed by atoms with Crippen LogP contribution in [0.15, 0.2) is 76.3 Å². The van der Waals surface area contributed by atoms with E-state index in [9.17, 15) is 4.79 Å². The van der Waals surface area contributed by atoms with Crippen LogP contribution in [0.1, 0.15) is 33.2 Å². The first-order valence-corrected chi connectivity index (χ1v) is 13.6. The fourth-order valence-electron chi connectivity index (χ4n) is 5.06. The van der Waals surface area contributed by atoms with E-state index < -0.39 is 0 Å². The molecule has 172 valence electrons. The van der Waals surface area contributed by atoms with E-state index in [0.717, 1.165) is 42.1 Å². The molecule has 2 aliphatic rings. The van der Waals surface area contributed by atoms with E-state index in [1.165, 1.54) is 15.3 Å². The average molecular weight is 487 g/mol. The maximum atomic E-state index is 13.5. The number of hydrogen-bond acceptors (Lipinski definition) is 5. The third kappa shape index (κ3) is 3.98. The molecule has 0 bridgehead atoms. The van der Waals surface area contributed by atoms with Gasteiger partial charge in [0.25, 0.3) is 5.91 Å². The van der Waals surface area contributed by atoms with Gasteiger partial charge in [0.1, 0.15) is 5.69 Å². The van der Waals surface area contributed by atoms with Crippen molar-refractivity contribution in [2.75, 3.05) is 31.9 Å². The molecule has 6 rings (SSSR count). The number of thioether (sulfide) groups is 1. The lowest BCUT2D eigenvalue weighted by Crippen LogP contribution is -2.50. The molecule has 5 nitrogen and oxygen atoms in total. The molecule has 1 saturated heterocycles. The second kappa shape index (κ2) is 9.41. The largest absolute Gasteiger partial charge is 0.335 e. The molecule has 1 fully saturated rings. The molecular weight excluding hydrogens is 460 g/mol. The second-order valence-corrected chi connectivity index (χ2v) is 11.0. The molecule has 1 N–H and O–H groups in total. The predicted molar refractivity (Wildman–Crippen MR) is 139 cm³/mol. The first-order valence-electron chi connectivity index (χ1n) is 11.7. The summed E-state index contributed by atoms with van der Waals surface area (Å²) in [7, 11) is 0. The molecule has 4 heterocycles. The Morgan fingerprint density at radius 1 is 0.912 bits per heavy atom. The zero-order chi connectivity index (χ0) is 22.9. The standard InChI is InChI=1S/C27H26N4OS2/c32-26(24-21-11-17-33-27-22(12-18-34-27)23(21)28-29-24)31-15-13-30(14-16-31)25(19-7-3-1-4-8-19)20-9-5-2-6-10-20/h1-10,12,18,25H,11,13-17H2,(H,28,29). The highest BCUT2D eigenvalue weighted by atomic mass is 32.2. The lowest BCUT2D eigenvalue weighted by Gasteiger charge is -2.39. The van der Waals surface area contributed by atoms with Crippen LogP contribution >= 0.6 is 23.1 Å². The van der Waals surface area contributed by atoms with E-state index >= 15 is 0 Å². The van der Waals surface area contributed by atoms with E-state index in [1.54, 1.807) is 11.3 Å². The molecule has 1 amide bonds. The van der Waals surface area contributed by atoms with Crippen LogP contribution in [-0.4, -0.2) is 57.8 Å². The molecule has 2 aliphatic heterocycles. The van der Waals surface area contributed by atoms with Gasteiger partial charge in [-0.2, -0.15) is 5.10 Å². The molecule has 2 aromatic heterocycles. The van der Waals surface area contributed by atoms with Crippen molar-refractivity contribution >= 4 is 29.0 Å². The number of H-pyrrole nitrogens is 1. The Hall–Kier alpha value is -2.87. The number of rotatable bonds is 4. The van der Waals surface area contributed by atoms with Crippen LogP contribution < -0.4 is 0 Å². The van der Waals surface area contributed by atoms with Crippen molar-refractivity contribution in [2.45, 2.75) is 16.7 Å². The van der Waals surface area contributed by atoms with Crippen molar-refractivity contribution in [3.63, 3.8) is 0 Å². The third-order valence-corrected chi connectivity index (χ3v) is 8.99. The lowest BCUT2D eigenvalue weighted by molar-refractivity contribution is 0.0591. The highest BCUT2D eigenvalue weighted by Gasteiger charge is 2.31. The summed E-state index contributed by atoms with van der Waals surface area (Å²) in [5.41, 5.74) is 6.44. The topological polar surface area (TPSA) is 52.2 Å². The first kappa shape index (κ1) is 21.6. The normalized spacial score (nSPS) is 16.2.